The molecule has 0 unspecified atom stereocenters. The number of hydrogen-bond acceptors (Lipinski definition) is 0. The fourth-order valence-electron chi connectivity index (χ4n) is 1.83. The topological polar surface area (TPSA) is 0 Å². The first-order chi connectivity index (χ1) is 5.84. The molecule has 0 aliphatic heterocycles. The van der Waals surface area contributed by atoms with Gasteiger partial charge in [0.05, 0.1) is 0 Å². The molecule has 0 saturated carbocycles. The SMILES string of the molecule is CCCCC[C@@H]1CCCC=C1I. The number of rotatable bonds is 4. The fourth-order valence-corrected chi connectivity index (χ4v) is 2.77. The third kappa shape index (κ3) is 3.46. The molecule has 12 heavy (non-hydrogen) atoms. The van der Waals surface area contributed by atoms with Crippen LogP contribution < -0.4 is 0 Å². The second-order valence-corrected chi connectivity index (χ2v) is 4.96. The molecule has 1 aliphatic rings. The van der Waals surface area contributed by atoms with Gasteiger partial charge in [-0.3, -0.25) is 0 Å². The molecule has 0 radical (unpaired) electrons. The largest absolute Gasteiger partial charge is 0.0749 e. The molecule has 1 aliphatic carbocycles. The maximum atomic E-state index is 2.53. The van der Waals surface area contributed by atoms with E-state index in [-0.39, 0.29) is 0 Å². The van der Waals surface area contributed by atoms with Crippen molar-refractivity contribution < 1.29 is 0 Å². The molecule has 0 heterocycles. The van der Waals surface area contributed by atoms with E-state index in [2.05, 4.69) is 35.6 Å². The zero-order valence-corrected chi connectivity index (χ0v) is 10.1. The summed E-state index contributed by atoms with van der Waals surface area (Å²) in [6.07, 6.45) is 12.3. The molecular weight excluding hydrogens is 259 g/mol. The summed E-state index contributed by atoms with van der Waals surface area (Å²) in [7, 11) is 0. The van der Waals surface area contributed by atoms with Crippen molar-refractivity contribution in [3.63, 3.8) is 0 Å². The highest BCUT2D eigenvalue weighted by atomic mass is 127. The molecule has 70 valence electrons. The molecule has 0 aromatic carbocycles. The lowest BCUT2D eigenvalue weighted by atomic mass is 9.91. The lowest BCUT2D eigenvalue weighted by molar-refractivity contribution is 0.475. The quantitative estimate of drug-likeness (QED) is 0.517. The number of unbranched alkanes of at least 4 members (excludes halogenated alkanes) is 2. The van der Waals surface area contributed by atoms with Crippen molar-refractivity contribution in [3.8, 4) is 0 Å². The van der Waals surface area contributed by atoms with Crippen LogP contribution in [-0.2, 0) is 0 Å². The molecule has 0 aromatic rings. The molecule has 1 rings (SSSR count). The van der Waals surface area contributed by atoms with E-state index in [4.69, 9.17) is 0 Å². The molecule has 0 aromatic heterocycles. The van der Waals surface area contributed by atoms with Crippen molar-refractivity contribution >= 4 is 22.6 Å². The van der Waals surface area contributed by atoms with E-state index >= 15 is 0 Å². The van der Waals surface area contributed by atoms with Gasteiger partial charge in [-0.15, -0.1) is 0 Å². The Kier molecular flexibility index (Phi) is 5.28. The first-order valence-corrected chi connectivity index (χ1v) is 6.28. The van der Waals surface area contributed by atoms with Gasteiger partial charge in [0, 0.05) is 0 Å². The highest BCUT2D eigenvalue weighted by Gasteiger charge is 2.14. The molecule has 0 nitrogen and oxygen atoms in total. The van der Waals surface area contributed by atoms with Crippen LogP contribution in [0.25, 0.3) is 0 Å². The third-order valence-electron chi connectivity index (χ3n) is 2.64. The Balaban J connectivity index is 2.21. The minimum atomic E-state index is 0.922. The predicted octanol–water partition coefficient (Wildman–Crippen LogP) is 4.69. The normalized spacial score (nSPS) is 23.8. The smallest absolute Gasteiger partial charge is 0.0103 e. The van der Waals surface area contributed by atoms with Crippen LogP contribution in [0.2, 0.25) is 0 Å². The van der Waals surface area contributed by atoms with Crippen LogP contribution >= 0.6 is 22.6 Å². The van der Waals surface area contributed by atoms with Crippen molar-refractivity contribution in [2.75, 3.05) is 0 Å². The minimum absolute atomic E-state index is 0.922. The van der Waals surface area contributed by atoms with Crippen LogP contribution in [0.1, 0.15) is 51.9 Å². The van der Waals surface area contributed by atoms with Crippen LogP contribution in [0.5, 0.6) is 0 Å². The number of hydrogen-bond donors (Lipinski definition) is 0. The van der Waals surface area contributed by atoms with Gasteiger partial charge >= 0.3 is 0 Å². The lowest BCUT2D eigenvalue weighted by Gasteiger charge is -2.20. The molecule has 0 saturated heterocycles. The van der Waals surface area contributed by atoms with Crippen LogP contribution in [0.15, 0.2) is 9.66 Å². The van der Waals surface area contributed by atoms with Crippen LogP contribution in [0.4, 0.5) is 0 Å². The van der Waals surface area contributed by atoms with Crippen molar-refractivity contribution in [1.29, 1.82) is 0 Å². The van der Waals surface area contributed by atoms with Crippen molar-refractivity contribution in [2.24, 2.45) is 5.92 Å². The van der Waals surface area contributed by atoms with Gasteiger partial charge in [-0.05, 0) is 57.8 Å². The van der Waals surface area contributed by atoms with Crippen molar-refractivity contribution in [1.82, 2.24) is 0 Å². The van der Waals surface area contributed by atoms with Gasteiger partial charge in [0.1, 0.15) is 0 Å². The minimum Gasteiger partial charge on any atom is -0.0749 e. The summed E-state index contributed by atoms with van der Waals surface area (Å²) in [5, 5.41) is 0. The summed E-state index contributed by atoms with van der Waals surface area (Å²) < 4.78 is 1.63. The Morgan fingerprint density at radius 3 is 3.00 bits per heavy atom. The Bertz CT molecular complexity index is 149. The van der Waals surface area contributed by atoms with Gasteiger partial charge in [-0.1, -0.05) is 32.3 Å². The zero-order valence-electron chi connectivity index (χ0n) is 7.98. The molecule has 0 fully saturated rings. The maximum Gasteiger partial charge on any atom is -0.0103 e. The molecule has 1 atom stereocenters. The Morgan fingerprint density at radius 1 is 1.50 bits per heavy atom. The zero-order chi connectivity index (χ0) is 8.81. The summed E-state index contributed by atoms with van der Waals surface area (Å²) in [5.74, 6) is 0.922. The average Bonchev–Trinajstić information content (AvgIpc) is 2.09. The highest BCUT2D eigenvalue weighted by molar-refractivity contribution is 14.1. The molecular formula is C11H19I. The molecule has 0 amide bonds. The van der Waals surface area contributed by atoms with E-state index < -0.39 is 0 Å². The van der Waals surface area contributed by atoms with Gasteiger partial charge in [0.2, 0.25) is 0 Å². The first-order valence-electron chi connectivity index (χ1n) is 5.20. The van der Waals surface area contributed by atoms with Crippen LogP contribution in [-0.4, -0.2) is 0 Å². The molecule has 0 bridgehead atoms. The van der Waals surface area contributed by atoms with E-state index in [1.54, 1.807) is 3.58 Å². The Morgan fingerprint density at radius 2 is 2.33 bits per heavy atom. The summed E-state index contributed by atoms with van der Waals surface area (Å²) >= 11 is 2.53. The molecule has 0 N–H and O–H groups in total. The molecule has 1 heteroatoms. The summed E-state index contributed by atoms with van der Waals surface area (Å²) in [6, 6.07) is 0. The van der Waals surface area contributed by atoms with Crippen molar-refractivity contribution in [2.45, 2.75) is 51.9 Å². The van der Waals surface area contributed by atoms with E-state index in [9.17, 15) is 0 Å². The van der Waals surface area contributed by atoms with Crippen LogP contribution in [0, 0.1) is 5.92 Å². The van der Waals surface area contributed by atoms with Crippen molar-refractivity contribution in [3.05, 3.63) is 9.66 Å². The van der Waals surface area contributed by atoms with Gasteiger partial charge in [0.25, 0.3) is 0 Å². The predicted molar refractivity (Wildman–Crippen MR) is 63.6 cm³/mol. The van der Waals surface area contributed by atoms with E-state index in [1.807, 2.05) is 0 Å². The summed E-state index contributed by atoms with van der Waals surface area (Å²) in [6.45, 7) is 2.28. The lowest BCUT2D eigenvalue weighted by Crippen LogP contribution is -2.04. The Hall–Kier alpha value is 0.470. The fraction of sp³-hybridized carbons (Fsp3) is 0.818. The third-order valence-corrected chi connectivity index (χ3v) is 3.96. The van der Waals surface area contributed by atoms with Gasteiger partial charge in [-0.2, -0.15) is 0 Å². The monoisotopic (exact) mass is 278 g/mol. The van der Waals surface area contributed by atoms with E-state index in [1.165, 1.54) is 44.9 Å². The van der Waals surface area contributed by atoms with E-state index in [0.717, 1.165) is 5.92 Å². The first kappa shape index (κ1) is 10.6. The number of halogens is 1. The summed E-state index contributed by atoms with van der Waals surface area (Å²) in [5.41, 5.74) is 0. The van der Waals surface area contributed by atoms with E-state index in [0.29, 0.717) is 0 Å². The standard InChI is InChI=1S/C11H19I/c1-2-3-4-7-10-8-5-6-9-11(10)12/h9-10H,2-8H2,1H3/t10-/m1/s1. The Labute approximate surface area is 90.0 Å². The second kappa shape index (κ2) is 6.01. The van der Waals surface area contributed by atoms with Gasteiger partial charge < -0.3 is 0 Å². The second-order valence-electron chi connectivity index (χ2n) is 3.71. The van der Waals surface area contributed by atoms with Crippen LogP contribution in [0.3, 0.4) is 0 Å². The highest BCUT2D eigenvalue weighted by Crippen LogP contribution is 2.33. The maximum absolute atomic E-state index is 2.53. The molecule has 0 spiro atoms. The number of allylic oxidation sites excluding steroid dienone is 2. The summed E-state index contributed by atoms with van der Waals surface area (Å²) in [4.78, 5) is 0. The van der Waals surface area contributed by atoms with Gasteiger partial charge in [0.15, 0.2) is 0 Å². The average molecular weight is 278 g/mol. The van der Waals surface area contributed by atoms with Gasteiger partial charge in [-0.25, -0.2) is 0 Å².